The Labute approximate surface area is 309 Å². The van der Waals surface area contributed by atoms with Gasteiger partial charge in [0.25, 0.3) is 0 Å². The second-order valence-electron chi connectivity index (χ2n) is 12.9. The fourth-order valence-corrected chi connectivity index (χ4v) is 10.9. The van der Waals surface area contributed by atoms with Crippen LogP contribution in [0.25, 0.3) is 95.0 Å². The van der Waals surface area contributed by atoms with Crippen LogP contribution >= 0.6 is 34.0 Å². The Kier molecular flexibility index (Phi) is 7.50. The molecule has 0 aliphatic heterocycles. The predicted octanol–water partition coefficient (Wildman–Crippen LogP) is 15.3. The summed E-state index contributed by atoms with van der Waals surface area (Å²) in [6.45, 7) is 0. The van der Waals surface area contributed by atoms with Gasteiger partial charge in [-0.05, 0) is 68.3 Å². The number of thiophene rings is 3. The van der Waals surface area contributed by atoms with Crippen LogP contribution in [0, 0.1) is 0 Å². The van der Waals surface area contributed by atoms with E-state index in [-0.39, 0.29) is 0 Å². The highest BCUT2D eigenvalue weighted by molar-refractivity contribution is 7.29. The lowest BCUT2D eigenvalue weighted by Crippen LogP contribution is -1.77. The summed E-state index contributed by atoms with van der Waals surface area (Å²) in [6, 6.07) is 66.4. The molecule has 0 unspecified atom stereocenters. The van der Waals surface area contributed by atoms with Gasteiger partial charge in [0.2, 0.25) is 0 Å². The Bertz CT molecular complexity index is 2370. The highest BCUT2D eigenvalue weighted by Gasteiger charge is 2.19. The van der Waals surface area contributed by atoms with Crippen molar-refractivity contribution in [2.75, 3.05) is 0 Å². The van der Waals surface area contributed by atoms with Crippen LogP contribution in [0.15, 0.2) is 182 Å². The van der Waals surface area contributed by atoms with Crippen LogP contribution in [0.2, 0.25) is 0 Å². The second-order valence-corrected chi connectivity index (χ2v) is 16.0. The highest BCUT2D eigenvalue weighted by Crippen LogP contribution is 2.51. The van der Waals surface area contributed by atoms with Gasteiger partial charge in [-0.3, -0.25) is 0 Å². The Morgan fingerprint density at radius 3 is 0.686 bits per heavy atom. The quantitative estimate of drug-likeness (QED) is 0.162. The van der Waals surface area contributed by atoms with Gasteiger partial charge in [-0.25, -0.2) is 0 Å². The zero-order valence-corrected chi connectivity index (χ0v) is 30.0. The van der Waals surface area contributed by atoms with E-state index in [9.17, 15) is 0 Å². The van der Waals surface area contributed by atoms with E-state index in [4.69, 9.17) is 0 Å². The van der Waals surface area contributed by atoms with Gasteiger partial charge in [0.05, 0.1) is 0 Å². The first kappa shape index (κ1) is 30.3. The van der Waals surface area contributed by atoms with Gasteiger partial charge in [-0.1, -0.05) is 164 Å². The molecule has 0 atom stereocenters. The second kappa shape index (κ2) is 12.6. The normalized spacial score (nSPS) is 11.5. The molecule has 3 aromatic heterocycles. The number of hydrogen-bond donors (Lipinski definition) is 0. The minimum atomic E-state index is 1.24. The summed E-state index contributed by atoms with van der Waals surface area (Å²) in [5.74, 6) is 0. The first-order chi connectivity index (χ1) is 25.2. The van der Waals surface area contributed by atoms with Crippen molar-refractivity contribution in [3.8, 4) is 64.7 Å². The molecule has 0 bridgehead atoms. The van der Waals surface area contributed by atoms with Gasteiger partial charge in [-0.15, -0.1) is 34.0 Å². The maximum Gasteiger partial charge on any atom is 0.0451 e. The van der Waals surface area contributed by atoms with Gasteiger partial charge in [-0.2, -0.15) is 0 Å². The number of rotatable bonds is 6. The first-order valence-corrected chi connectivity index (χ1v) is 19.6. The lowest BCUT2D eigenvalue weighted by Gasteiger charge is -2.03. The molecule has 0 fully saturated rings. The SMILES string of the molecule is c1ccc(-c2ccc(-c3cc4c(s3)c3cc(-c5ccc(-c6ccccc6)cc5)sc3c3cc(-c5ccc(-c6ccccc6)cc5)sc43)cc2)cc1. The summed E-state index contributed by atoms with van der Waals surface area (Å²) in [4.78, 5) is 3.92. The Hall–Kier alpha value is -5.58. The van der Waals surface area contributed by atoms with Crippen LogP contribution in [0.5, 0.6) is 0 Å². The first-order valence-electron chi connectivity index (χ1n) is 17.2. The summed E-state index contributed by atoms with van der Waals surface area (Å²) in [5.41, 5.74) is 11.2. The van der Waals surface area contributed by atoms with E-state index in [0.29, 0.717) is 0 Å². The van der Waals surface area contributed by atoms with Crippen LogP contribution in [0.1, 0.15) is 0 Å². The number of benzene rings is 7. The lowest BCUT2D eigenvalue weighted by atomic mass is 10.0. The third kappa shape index (κ3) is 5.51. The van der Waals surface area contributed by atoms with E-state index in [0.717, 1.165) is 0 Å². The molecule has 0 spiro atoms. The highest BCUT2D eigenvalue weighted by atomic mass is 32.1. The molecule has 0 radical (unpaired) electrons. The van der Waals surface area contributed by atoms with Crippen LogP contribution < -0.4 is 0 Å². The van der Waals surface area contributed by atoms with Gasteiger partial charge in [0.15, 0.2) is 0 Å². The molecule has 0 aliphatic carbocycles. The maximum absolute atomic E-state index is 2.43. The smallest absolute Gasteiger partial charge is 0.0451 e. The molecule has 3 heteroatoms. The fraction of sp³-hybridized carbons (Fsp3) is 0. The van der Waals surface area contributed by atoms with E-state index < -0.39 is 0 Å². The van der Waals surface area contributed by atoms with Gasteiger partial charge >= 0.3 is 0 Å². The molecule has 51 heavy (non-hydrogen) atoms. The average molecular weight is 703 g/mol. The summed E-state index contributed by atoms with van der Waals surface area (Å²) < 4.78 is 4.11. The van der Waals surface area contributed by atoms with E-state index in [1.54, 1.807) is 0 Å². The molecule has 7 aromatic carbocycles. The average Bonchev–Trinajstić information content (AvgIpc) is 3.97. The minimum absolute atomic E-state index is 1.24. The number of fused-ring (bicyclic) bond motifs is 6. The van der Waals surface area contributed by atoms with E-state index >= 15 is 0 Å². The van der Waals surface area contributed by atoms with Gasteiger partial charge in [0.1, 0.15) is 0 Å². The molecule has 0 saturated carbocycles. The van der Waals surface area contributed by atoms with Crippen LogP contribution in [-0.4, -0.2) is 0 Å². The summed E-state index contributed by atoms with van der Waals surface area (Å²) >= 11 is 5.77. The molecular formula is C48H30S3. The van der Waals surface area contributed by atoms with Crippen molar-refractivity contribution in [1.29, 1.82) is 0 Å². The van der Waals surface area contributed by atoms with Crippen LogP contribution in [0.4, 0.5) is 0 Å². The van der Waals surface area contributed by atoms with Gasteiger partial charge in [0, 0.05) is 44.9 Å². The van der Waals surface area contributed by atoms with Crippen LogP contribution in [0.3, 0.4) is 0 Å². The van der Waals surface area contributed by atoms with E-state index in [1.807, 2.05) is 34.0 Å². The molecule has 0 amide bonds. The third-order valence-corrected chi connectivity index (χ3v) is 13.4. The van der Waals surface area contributed by atoms with Crippen molar-refractivity contribution >= 4 is 64.3 Å². The molecule has 0 N–H and O–H groups in total. The van der Waals surface area contributed by atoms with Crippen molar-refractivity contribution in [2.24, 2.45) is 0 Å². The molecule has 10 aromatic rings. The number of hydrogen-bond acceptors (Lipinski definition) is 3. The van der Waals surface area contributed by atoms with Crippen molar-refractivity contribution in [2.45, 2.75) is 0 Å². The molecule has 0 saturated heterocycles. The molecule has 0 aliphatic rings. The topological polar surface area (TPSA) is 0 Å². The molecule has 3 heterocycles. The zero-order valence-electron chi connectivity index (χ0n) is 27.5. The van der Waals surface area contributed by atoms with Crippen molar-refractivity contribution in [3.63, 3.8) is 0 Å². The summed E-state index contributed by atoms with van der Waals surface area (Å²) in [5, 5.41) is 4.06. The van der Waals surface area contributed by atoms with E-state index in [2.05, 4.69) is 182 Å². The molecule has 0 nitrogen and oxygen atoms in total. The van der Waals surface area contributed by atoms with Crippen molar-refractivity contribution in [1.82, 2.24) is 0 Å². The monoisotopic (exact) mass is 702 g/mol. The predicted molar refractivity (Wildman–Crippen MR) is 225 cm³/mol. The molecule has 240 valence electrons. The molecular weight excluding hydrogens is 673 g/mol. The van der Waals surface area contributed by atoms with E-state index in [1.165, 1.54) is 95.0 Å². The minimum Gasteiger partial charge on any atom is -0.134 e. The largest absolute Gasteiger partial charge is 0.134 e. The standard InChI is InChI=1S/C48H30S3/c1-4-10-31(11-5-1)34-16-22-37(23-17-34)43-28-40-46(49-43)41-29-44(38-24-18-35(19-25-38)32-12-6-2-7-13-32)51-48(41)42-30-45(50-47(40)42)39-26-20-36(21-27-39)33-14-8-3-9-15-33/h1-30H. The Balaban J connectivity index is 1.11. The van der Waals surface area contributed by atoms with Gasteiger partial charge < -0.3 is 0 Å². The third-order valence-electron chi connectivity index (χ3n) is 9.76. The van der Waals surface area contributed by atoms with Crippen LogP contribution in [-0.2, 0) is 0 Å². The Morgan fingerprint density at radius 1 is 0.216 bits per heavy atom. The Morgan fingerprint density at radius 2 is 0.431 bits per heavy atom. The molecule has 10 rings (SSSR count). The summed E-state index contributed by atoms with van der Waals surface area (Å²) in [7, 11) is 0. The zero-order chi connectivity index (χ0) is 33.7. The summed E-state index contributed by atoms with van der Waals surface area (Å²) in [6.07, 6.45) is 0. The van der Waals surface area contributed by atoms with Crippen molar-refractivity contribution < 1.29 is 0 Å². The van der Waals surface area contributed by atoms with Crippen molar-refractivity contribution in [3.05, 3.63) is 182 Å². The lowest BCUT2D eigenvalue weighted by molar-refractivity contribution is 1.62. The maximum atomic E-state index is 2.43. The fourth-order valence-electron chi connectivity index (χ4n) is 7.08.